The average molecular weight is 330 g/mol. The first kappa shape index (κ1) is 16.6. The molecule has 1 saturated carbocycles. The molecule has 1 aliphatic rings. The SMILES string of the molecule is COCc1cccc(C(=O)NC(c2cnn(C)c2)C2CC(O)C2)n1. The number of rotatable bonds is 6. The summed E-state index contributed by atoms with van der Waals surface area (Å²) in [6, 6.07) is 5.12. The van der Waals surface area contributed by atoms with Crippen LogP contribution < -0.4 is 5.32 Å². The Morgan fingerprint density at radius 2 is 2.29 bits per heavy atom. The van der Waals surface area contributed by atoms with Crippen LogP contribution in [0.2, 0.25) is 0 Å². The number of aliphatic hydroxyl groups excluding tert-OH is 1. The van der Waals surface area contributed by atoms with E-state index in [1.807, 2.05) is 19.3 Å². The molecular weight excluding hydrogens is 308 g/mol. The van der Waals surface area contributed by atoms with Crippen molar-refractivity contribution in [1.29, 1.82) is 0 Å². The maximum atomic E-state index is 12.6. The van der Waals surface area contributed by atoms with Crippen molar-refractivity contribution in [3.05, 3.63) is 47.5 Å². The molecule has 7 nitrogen and oxygen atoms in total. The number of hydrogen-bond donors (Lipinski definition) is 2. The van der Waals surface area contributed by atoms with Gasteiger partial charge in [-0.3, -0.25) is 9.48 Å². The van der Waals surface area contributed by atoms with Gasteiger partial charge in [0.2, 0.25) is 0 Å². The molecule has 2 heterocycles. The number of carbonyl (C=O) groups excluding carboxylic acids is 1. The number of hydrogen-bond acceptors (Lipinski definition) is 5. The molecule has 0 aromatic carbocycles. The molecule has 24 heavy (non-hydrogen) atoms. The van der Waals surface area contributed by atoms with Gasteiger partial charge in [0.05, 0.1) is 30.6 Å². The number of carbonyl (C=O) groups is 1. The lowest BCUT2D eigenvalue weighted by Gasteiger charge is -2.37. The summed E-state index contributed by atoms with van der Waals surface area (Å²) in [6.45, 7) is 0.363. The number of ether oxygens (including phenoxy) is 1. The van der Waals surface area contributed by atoms with E-state index in [-0.39, 0.29) is 24.0 Å². The highest BCUT2D eigenvalue weighted by molar-refractivity contribution is 5.92. The minimum Gasteiger partial charge on any atom is -0.393 e. The van der Waals surface area contributed by atoms with Crippen molar-refractivity contribution in [3.8, 4) is 0 Å². The number of nitrogens with one attached hydrogen (secondary N) is 1. The van der Waals surface area contributed by atoms with Gasteiger partial charge in [0.1, 0.15) is 5.69 Å². The van der Waals surface area contributed by atoms with Crippen LogP contribution in [-0.2, 0) is 18.4 Å². The van der Waals surface area contributed by atoms with E-state index in [0.717, 1.165) is 5.56 Å². The van der Waals surface area contributed by atoms with Crippen LogP contribution >= 0.6 is 0 Å². The van der Waals surface area contributed by atoms with E-state index in [1.54, 1.807) is 30.1 Å². The Balaban J connectivity index is 1.77. The molecule has 7 heteroatoms. The lowest BCUT2D eigenvalue weighted by molar-refractivity contribution is 0.0234. The van der Waals surface area contributed by atoms with E-state index in [0.29, 0.717) is 30.8 Å². The summed E-state index contributed by atoms with van der Waals surface area (Å²) >= 11 is 0. The van der Waals surface area contributed by atoms with Crippen molar-refractivity contribution in [1.82, 2.24) is 20.1 Å². The summed E-state index contributed by atoms with van der Waals surface area (Å²) in [5.74, 6) is -0.0292. The molecule has 1 amide bonds. The van der Waals surface area contributed by atoms with Gasteiger partial charge in [0, 0.05) is 25.9 Å². The van der Waals surface area contributed by atoms with E-state index in [2.05, 4.69) is 15.4 Å². The number of nitrogens with zero attached hydrogens (tertiary/aromatic N) is 3. The van der Waals surface area contributed by atoms with Crippen LogP contribution in [0.3, 0.4) is 0 Å². The molecule has 128 valence electrons. The minimum absolute atomic E-state index is 0.178. The largest absolute Gasteiger partial charge is 0.393 e. The number of methoxy groups -OCH3 is 1. The third kappa shape index (κ3) is 3.63. The lowest BCUT2D eigenvalue weighted by atomic mass is 9.75. The van der Waals surface area contributed by atoms with Crippen molar-refractivity contribution in [3.63, 3.8) is 0 Å². The van der Waals surface area contributed by atoms with Gasteiger partial charge >= 0.3 is 0 Å². The monoisotopic (exact) mass is 330 g/mol. The Kier molecular flexibility index (Phi) is 4.92. The summed E-state index contributed by atoms with van der Waals surface area (Å²) in [7, 11) is 3.43. The Morgan fingerprint density at radius 1 is 1.50 bits per heavy atom. The van der Waals surface area contributed by atoms with Crippen LogP contribution in [0.5, 0.6) is 0 Å². The van der Waals surface area contributed by atoms with Crippen LogP contribution in [0, 0.1) is 5.92 Å². The molecule has 1 atom stereocenters. The average Bonchev–Trinajstić information content (AvgIpc) is 2.96. The van der Waals surface area contributed by atoms with Gasteiger partial charge in [0.25, 0.3) is 5.91 Å². The van der Waals surface area contributed by atoms with Crippen LogP contribution in [0.15, 0.2) is 30.6 Å². The Hall–Kier alpha value is -2.25. The number of aryl methyl sites for hydroxylation is 1. The summed E-state index contributed by atoms with van der Waals surface area (Å²) in [4.78, 5) is 16.9. The zero-order chi connectivity index (χ0) is 17.1. The molecule has 0 aliphatic heterocycles. The lowest BCUT2D eigenvalue weighted by Crippen LogP contribution is -2.41. The van der Waals surface area contributed by atoms with Crippen molar-refractivity contribution in [2.45, 2.75) is 31.6 Å². The molecule has 2 aromatic heterocycles. The number of aromatic nitrogens is 3. The van der Waals surface area contributed by atoms with Crippen molar-refractivity contribution in [2.24, 2.45) is 13.0 Å². The topological polar surface area (TPSA) is 89.3 Å². The predicted octanol–water partition coefficient (Wildman–Crippen LogP) is 1.20. The Morgan fingerprint density at radius 3 is 2.92 bits per heavy atom. The summed E-state index contributed by atoms with van der Waals surface area (Å²) in [5.41, 5.74) is 2.01. The third-order valence-corrected chi connectivity index (χ3v) is 4.32. The zero-order valence-electron chi connectivity index (χ0n) is 13.8. The van der Waals surface area contributed by atoms with Gasteiger partial charge in [0.15, 0.2) is 0 Å². The first-order valence-electron chi connectivity index (χ1n) is 7.99. The first-order valence-corrected chi connectivity index (χ1v) is 7.99. The van der Waals surface area contributed by atoms with Gasteiger partial charge in [-0.2, -0.15) is 5.10 Å². The van der Waals surface area contributed by atoms with Crippen molar-refractivity contribution < 1.29 is 14.6 Å². The molecule has 1 unspecified atom stereocenters. The van der Waals surface area contributed by atoms with Crippen molar-refractivity contribution in [2.75, 3.05) is 7.11 Å². The molecule has 1 aliphatic carbocycles. The molecule has 3 rings (SSSR count). The summed E-state index contributed by atoms with van der Waals surface area (Å²) in [6.07, 6.45) is 4.72. The maximum absolute atomic E-state index is 12.6. The van der Waals surface area contributed by atoms with E-state index < -0.39 is 0 Å². The van der Waals surface area contributed by atoms with E-state index in [4.69, 9.17) is 4.74 Å². The van der Waals surface area contributed by atoms with Gasteiger partial charge < -0.3 is 15.2 Å². The molecular formula is C17H22N4O3. The highest BCUT2D eigenvalue weighted by Gasteiger charge is 2.36. The second-order valence-electron chi connectivity index (χ2n) is 6.23. The minimum atomic E-state index is -0.283. The number of aliphatic hydroxyl groups is 1. The fraction of sp³-hybridized carbons (Fsp3) is 0.471. The first-order chi connectivity index (χ1) is 11.6. The molecule has 0 saturated heterocycles. The number of amides is 1. The van der Waals surface area contributed by atoms with Gasteiger partial charge in [-0.05, 0) is 30.9 Å². The zero-order valence-corrected chi connectivity index (χ0v) is 13.8. The van der Waals surface area contributed by atoms with Gasteiger partial charge in [-0.15, -0.1) is 0 Å². The summed E-state index contributed by atoms with van der Waals surface area (Å²) < 4.78 is 6.77. The fourth-order valence-electron chi connectivity index (χ4n) is 3.03. The fourth-order valence-corrected chi connectivity index (χ4v) is 3.03. The Bertz CT molecular complexity index is 709. The second-order valence-corrected chi connectivity index (χ2v) is 6.23. The molecule has 2 aromatic rings. The summed E-state index contributed by atoms with van der Waals surface area (Å²) in [5, 5.41) is 16.8. The van der Waals surface area contributed by atoms with E-state index in [1.165, 1.54) is 0 Å². The highest BCUT2D eigenvalue weighted by Crippen LogP contribution is 2.38. The molecule has 0 spiro atoms. The quantitative estimate of drug-likeness (QED) is 0.831. The van der Waals surface area contributed by atoms with E-state index in [9.17, 15) is 9.90 Å². The maximum Gasteiger partial charge on any atom is 0.270 e. The third-order valence-electron chi connectivity index (χ3n) is 4.32. The van der Waals surface area contributed by atoms with Crippen LogP contribution in [0.1, 0.15) is 40.6 Å². The van der Waals surface area contributed by atoms with Crippen molar-refractivity contribution >= 4 is 5.91 Å². The molecule has 2 N–H and O–H groups in total. The highest BCUT2D eigenvalue weighted by atomic mass is 16.5. The smallest absolute Gasteiger partial charge is 0.270 e. The molecule has 1 fully saturated rings. The van der Waals surface area contributed by atoms with Crippen LogP contribution in [0.25, 0.3) is 0 Å². The van der Waals surface area contributed by atoms with Gasteiger partial charge in [-0.25, -0.2) is 4.98 Å². The second kappa shape index (κ2) is 7.11. The predicted molar refractivity (Wildman–Crippen MR) is 87.1 cm³/mol. The van der Waals surface area contributed by atoms with Gasteiger partial charge in [-0.1, -0.05) is 6.07 Å². The Labute approximate surface area is 140 Å². The van der Waals surface area contributed by atoms with Crippen LogP contribution in [0.4, 0.5) is 0 Å². The van der Waals surface area contributed by atoms with E-state index >= 15 is 0 Å². The normalized spacial score (nSPS) is 21.1. The standard InChI is InChI=1S/C17H22N4O3/c1-21-9-12(8-18-21)16(11-6-14(22)7-11)20-17(23)15-5-3-4-13(19-15)10-24-2/h3-5,8-9,11,14,16,22H,6-7,10H2,1-2H3,(H,20,23). The molecule has 0 radical (unpaired) electrons. The molecule has 0 bridgehead atoms. The van der Waals surface area contributed by atoms with Crippen LogP contribution in [-0.4, -0.2) is 39.0 Å². The number of pyridine rings is 1.